The van der Waals surface area contributed by atoms with Crippen LogP contribution in [0.5, 0.6) is 5.75 Å². The van der Waals surface area contributed by atoms with E-state index >= 15 is 0 Å². The number of benzene rings is 1. The Balaban J connectivity index is 1.65. The van der Waals surface area contributed by atoms with Crippen LogP contribution in [-0.2, 0) is 6.54 Å². The number of fused-ring (bicyclic) bond motifs is 1. The molecule has 0 unspecified atom stereocenters. The zero-order chi connectivity index (χ0) is 15.4. The van der Waals surface area contributed by atoms with Crippen LogP contribution in [0.2, 0.25) is 0 Å². The molecule has 0 aliphatic heterocycles. The fraction of sp³-hybridized carbons (Fsp3) is 0.125. The van der Waals surface area contributed by atoms with Crippen molar-refractivity contribution in [1.82, 2.24) is 9.97 Å². The Morgan fingerprint density at radius 3 is 2.68 bits per heavy atom. The molecule has 2 heterocycles. The summed E-state index contributed by atoms with van der Waals surface area (Å²) in [6.07, 6.45) is 1.27. The molecule has 3 aromatic rings. The number of para-hydroxylation sites is 1. The van der Waals surface area contributed by atoms with Crippen molar-refractivity contribution in [1.29, 1.82) is 0 Å². The highest BCUT2D eigenvalue weighted by Gasteiger charge is 2.04. The number of anilines is 1. The highest BCUT2D eigenvalue weighted by molar-refractivity contribution is 5.80. The topological polar surface area (TPSA) is 47.0 Å². The molecule has 22 heavy (non-hydrogen) atoms. The van der Waals surface area contributed by atoms with Crippen LogP contribution in [-0.4, -0.2) is 16.6 Å². The predicted molar refractivity (Wildman–Crippen MR) is 79.9 cm³/mol. The summed E-state index contributed by atoms with van der Waals surface area (Å²) in [5.41, 5.74) is 1.61. The highest BCUT2D eigenvalue weighted by Crippen LogP contribution is 2.16. The average molecular weight is 301 g/mol. The minimum Gasteiger partial charge on any atom is -0.433 e. The summed E-state index contributed by atoms with van der Waals surface area (Å²) >= 11 is 0. The lowest BCUT2D eigenvalue weighted by molar-refractivity contribution is -0.0500. The molecule has 3 rings (SSSR count). The number of pyridine rings is 2. The Bertz CT molecular complexity index is 763. The van der Waals surface area contributed by atoms with E-state index in [1.807, 2.05) is 36.4 Å². The van der Waals surface area contributed by atoms with Crippen LogP contribution in [0.15, 0.2) is 54.7 Å². The minimum absolute atomic E-state index is 0.0441. The number of nitrogens with zero attached hydrogens (tertiary/aromatic N) is 2. The second kappa shape index (κ2) is 6.34. The quantitative estimate of drug-likeness (QED) is 0.777. The number of alkyl halides is 2. The van der Waals surface area contributed by atoms with Crippen LogP contribution in [0.1, 0.15) is 5.69 Å². The van der Waals surface area contributed by atoms with Crippen LogP contribution in [0.3, 0.4) is 0 Å². The van der Waals surface area contributed by atoms with E-state index in [0.29, 0.717) is 12.2 Å². The van der Waals surface area contributed by atoms with Crippen molar-refractivity contribution >= 4 is 16.7 Å². The van der Waals surface area contributed by atoms with Crippen molar-refractivity contribution in [2.24, 2.45) is 0 Å². The third-order valence-corrected chi connectivity index (χ3v) is 3.07. The van der Waals surface area contributed by atoms with E-state index in [2.05, 4.69) is 20.0 Å². The first-order chi connectivity index (χ1) is 10.7. The van der Waals surface area contributed by atoms with Crippen LogP contribution >= 0.6 is 0 Å². The van der Waals surface area contributed by atoms with Crippen molar-refractivity contribution in [2.45, 2.75) is 13.2 Å². The van der Waals surface area contributed by atoms with Gasteiger partial charge in [-0.2, -0.15) is 8.78 Å². The first-order valence-corrected chi connectivity index (χ1v) is 6.70. The lowest BCUT2D eigenvalue weighted by Gasteiger charge is -2.07. The number of hydrogen-bond acceptors (Lipinski definition) is 4. The van der Waals surface area contributed by atoms with E-state index in [1.165, 1.54) is 12.3 Å². The van der Waals surface area contributed by atoms with E-state index in [1.54, 1.807) is 6.07 Å². The lowest BCUT2D eigenvalue weighted by atomic mass is 10.2. The molecule has 2 aromatic heterocycles. The number of hydrogen-bond donors (Lipinski definition) is 1. The molecular formula is C16H13F2N3O. The average Bonchev–Trinajstić information content (AvgIpc) is 2.53. The van der Waals surface area contributed by atoms with Crippen LogP contribution in [0.4, 0.5) is 14.6 Å². The van der Waals surface area contributed by atoms with Gasteiger partial charge in [0.1, 0.15) is 11.6 Å². The summed E-state index contributed by atoms with van der Waals surface area (Å²) < 4.78 is 28.3. The maximum Gasteiger partial charge on any atom is 0.387 e. The molecule has 6 heteroatoms. The molecule has 1 N–H and O–H groups in total. The highest BCUT2D eigenvalue weighted by atomic mass is 19.3. The number of aromatic nitrogens is 2. The normalized spacial score (nSPS) is 10.9. The molecule has 0 radical (unpaired) electrons. The van der Waals surface area contributed by atoms with Crippen molar-refractivity contribution in [2.75, 3.05) is 5.32 Å². The first kappa shape index (κ1) is 14.2. The van der Waals surface area contributed by atoms with Gasteiger partial charge >= 0.3 is 6.61 Å². The number of ether oxygens (including phenoxy) is 1. The van der Waals surface area contributed by atoms with Gasteiger partial charge in [0.2, 0.25) is 0 Å². The largest absolute Gasteiger partial charge is 0.433 e. The second-order valence-corrected chi connectivity index (χ2v) is 4.61. The molecule has 0 spiro atoms. The fourth-order valence-electron chi connectivity index (χ4n) is 2.03. The number of halogens is 2. The monoisotopic (exact) mass is 301 g/mol. The van der Waals surface area contributed by atoms with E-state index in [9.17, 15) is 8.78 Å². The zero-order valence-corrected chi connectivity index (χ0v) is 11.5. The van der Waals surface area contributed by atoms with E-state index in [0.717, 1.165) is 16.7 Å². The molecule has 0 aliphatic rings. The molecule has 0 aliphatic carbocycles. The van der Waals surface area contributed by atoms with Gasteiger partial charge in [0, 0.05) is 5.39 Å². The molecule has 0 amide bonds. The van der Waals surface area contributed by atoms with Gasteiger partial charge in [-0.15, -0.1) is 0 Å². The maximum atomic E-state index is 12.0. The molecule has 4 nitrogen and oxygen atoms in total. The molecule has 0 bridgehead atoms. The van der Waals surface area contributed by atoms with Gasteiger partial charge in [0.05, 0.1) is 24.0 Å². The Hall–Kier alpha value is -2.76. The summed E-state index contributed by atoms with van der Waals surface area (Å²) in [6, 6.07) is 14.8. The van der Waals surface area contributed by atoms with Crippen molar-refractivity contribution in [3.63, 3.8) is 0 Å². The van der Waals surface area contributed by atoms with Crippen molar-refractivity contribution < 1.29 is 13.5 Å². The van der Waals surface area contributed by atoms with Gasteiger partial charge in [-0.25, -0.2) is 4.98 Å². The van der Waals surface area contributed by atoms with Crippen molar-refractivity contribution in [3.8, 4) is 5.75 Å². The summed E-state index contributed by atoms with van der Waals surface area (Å²) in [5, 5.41) is 4.22. The number of nitrogens with one attached hydrogen (secondary N) is 1. The van der Waals surface area contributed by atoms with Gasteiger partial charge in [0.25, 0.3) is 0 Å². The predicted octanol–water partition coefficient (Wildman–Crippen LogP) is 3.84. The molecule has 0 fully saturated rings. The van der Waals surface area contributed by atoms with Crippen LogP contribution in [0.25, 0.3) is 10.9 Å². The minimum atomic E-state index is -2.84. The van der Waals surface area contributed by atoms with Crippen molar-refractivity contribution in [3.05, 3.63) is 60.4 Å². The van der Waals surface area contributed by atoms with E-state index < -0.39 is 6.61 Å². The SMILES string of the molecule is FC(F)Oc1ccc(CNc2ccc3ccccc3n2)nc1. The van der Waals surface area contributed by atoms with Gasteiger partial charge < -0.3 is 10.1 Å². The molecule has 0 saturated heterocycles. The standard InChI is InChI=1S/C16H13F2N3O/c17-16(18)22-13-7-6-12(19-10-13)9-20-15-8-5-11-3-1-2-4-14(11)21-15/h1-8,10,16H,9H2,(H,20,21). The summed E-state index contributed by atoms with van der Waals surface area (Å²) in [7, 11) is 0. The Morgan fingerprint density at radius 1 is 1.05 bits per heavy atom. The Kier molecular flexibility index (Phi) is 4.09. The zero-order valence-electron chi connectivity index (χ0n) is 11.5. The van der Waals surface area contributed by atoms with Crippen LogP contribution in [0, 0.1) is 0 Å². The third-order valence-electron chi connectivity index (χ3n) is 3.07. The van der Waals surface area contributed by atoms with Crippen LogP contribution < -0.4 is 10.1 Å². The van der Waals surface area contributed by atoms with Gasteiger partial charge in [-0.05, 0) is 30.3 Å². The Labute approximate surface area is 125 Å². The maximum absolute atomic E-state index is 12.0. The van der Waals surface area contributed by atoms with Gasteiger partial charge in [-0.1, -0.05) is 18.2 Å². The summed E-state index contributed by atoms with van der Waals surface area (Å²) in [4.78, 5) is 8.54. The second-order valence-electron chi connectivity index (χ2n) is 4.61. The molecular weight excluding hydrogens is 288 g/mol. The summed E-state index contributed by atoms with van der Waals surface area (Å²) in [6.45, 7) is -2.40. The Morgan fingerprint density at radius 2 is 1.91 bits per heavy atom. The van der Waals surface area contributed by atoms with E-state index in [4.69, 9.17) is 0 Å². The molecule has 1 aromatic carbocycles. The third kappa shape index (κ3) is 3.46. The fourth-order valence-corrected chi connectivity index (χ4v) is 2.03. The van der Waals surface area contributed by atoms with Gasteiger partial charge in [0.15, 0.2) is 0 Å². The molecule has 0 atom stereocenters. The van der Waals surface area contributed by atoms with Gasteiger partial charge in [-0.3, -0.25) is 4.98 Å². The smallest absolute Gasteiger partial charge is 0.387 e. The summed E-state index contributed by atoms with van der Waals surface area (Å²) in [5.74, 6) is 0.774. The number of rotatable bonds is 5. The molecule has 0 saturated carbocycles. The lowest BCUT2D eigenvalue weighted by Crippen LogP contribution is -2.05. The van der Waals surface area contributed by atoms with E-state index in [-0.39, 0.29) is 5.75 Å². The first-order valence-electron chi connectivity index (χ1n) is 6.70. The molecule has 112 valence electrons.